The molecule has 0 bridgehead atoms. The molecule has 7 heteroatoms. The Morgan fingerprint density at radius 1 is 1.27 bits per heavy atom. The van der Waals surface area contributed by atoms with Crippen molar-refractivity contribution in [1.29, 1.82) is 0 Å². The van der Waals surface area contributed by atoms with Crippen LogP contribution >= 0.6 is 11.3 Å². The first-order chi connectivity index (χ1) is 14.5. The molecule has 1 aliphatic rings. The van der Waals surface area contributed by atoms with E-state index in [4.69, 9.17) is 4.74 Å². The number of aromatic carboxylic acids is 1. The van der Waals surface area contributed by atoms with E-state index in [1.54, 1.807) is 6.07 Å². The van der Waals surface area contributed by atoms with E-state index in [0.717, 1.165) is 33.9 Å². The number of hydrogen-bond donors (Lipinski definition) is 2. The monoisotopic (exact) mass is 425 g/mol. The second-order valence-electron chi connectivity index (χ2n) is 7.08. The van der Waals surface area contributed by atoms with Gasteiger partial charge in [-0.1, -0.05) is 31.2 Å². The predicted molar refractivity (Wildman–Crippen MR) is 114 cm³/mol. The SMILES string of the molecule is CCCOc1ccc(C2CC(=O)Nc3c2sc(C(=O)O)c3-c2cccc(F)c2)cc1. The van der Waals surface area contributed by atoms with Crippen molar-refractivity contribution in [3.05, 3.63) is 69.7 Å². The van der Waals surface area contributed by atoms with Crippen LogP contribution in [0.5, 0.6) is 5.75 Å². The minimum Gasteiger partial charge on any atom is -0.494 e. The molecule has 1 amide bonds. The summed E-state index contributed by atoms with van der Waals surface area (Å²) in [5, 5.41) is 12.6. The van der Waals surface area contributed by atoms with Gasteiger partial charge in [-0.05, 0) is 41.8 Å². The fourth-order valence-electron chi connectivity index (χ4n) is 3.64. The van der Waals surface area contributed by atoms with Gasteiger partial charge in [0.1, 0.15) is 16.4 Å². The number of carboxylic acids is 1. The summed E-state index contributed by atoms with van der Waals surface area (Å²) in [6.45, 7) is 2.66. The Balaban J connectivity index is 1.81. The average molecular weight is 425 g/mol. The summed E-state index contributed by atoms with van der Waals surface area (Å²) in [5.74, 6) is -1.31. The van der Waals surface area contributed by atoms with Crippen LogP contribution in [0.15, 0.2) is 48.5 Å². The van der Waals surface area contributed by atoms with Gasteiger partial charge in [0.25, 0.3) is 0 Å². The molecule has 30 heavy (non-hydrogen) atoms. The highest BCUT2D eigenvalue weighted by Crippen LogP contribution is 2.49. The maximum absolute atomic E-state index is 13.8. The van der Waals surface area contributed by atoms with Crippen LogP contribution in [0.3, 0.4) is 0 Å². The number of carbonyl (C=O) groups is 2. The fraction of sp³-hybridized carbons (Fsp3) is 0.217. The number of benzene rings is 2. The molecular formula is C23H20FNO4S. The smallest absolute Gasteiger partial charge is 0.346 e. The molecule has 0 fully saturated rings. The Labute approximate surface area is 177 Å². The lowest BCUT2D eigenvalue weighted by molar-refractivity contribution is -0.116. The highest BCUT2D eigenvalue weighted by Gasteiger charge is 2.34. The molecule has 2 N–H and O–H groups in total. The first kappa shape index (κ1) is 20.1. The molecule has 1 aromatic heterocycles. The number of carboxylic acid groups (broad SMARTS) is 1. The van der Waals surface area contributed by atoms with E-state index in [1.807, 2.05) is 31.2 Å². The number of rotatable bonds is 6. The molecule has 5 nitrogen and oxygen atoms in total. The third kappa shape index (κ3) is 3.80. The molecule has 0 aliphatic carbocycles. The van der Waals surface area contributed by atoms with Gasteiger partial charge in [0.2, 0.25) is 5.91 Å². The van der Waals surface area contributed by atoms with E-state index >= 15 is 0 Å². The largest absolute Gasteiger partial charge is 0.494 e. The van der Waals surface area contributed by atoms with Gasteiger partial charge in [0.15, 0.2) is 0 Å². The van der Waals surface area contributed by atoms with Crippen LogP contribution in [0.1, 0.15) is 45.8 Å². The molecule has 154 valence electrons. The molecular weight excluding hydrogens is 405 g/mol. The van der Waals surface area contributed by atoms with Gasteiger partial charge in [0.05, 0.1) is 12.3 Å². The van der Waals surface area contributed by atoms with E-state index < -0.39 is 11.8 Å². The number of nitrogens with one attached hydrogen (secondary N) is 1. The third-order valence-electron chi connectivity index (χ3n) is 4.97. The van der Waals surface area contributed by atoms with Crippen LogP contribution in [0.25, 0.3) is 11.1 Å². The number of carbonyl (C=O) groups excluding carboxylic acids is 1. The van der Waals surface area contributed by atoms with Crippen LogP contribution in [0.4, 0.5) is 10.1 Å². The number of anilines is 1. The Kier molecular flexibility index (Phi) is 5.55. The molecule has 0 saturated carbocycles. The minimum atomic E-state index is -1.11. The molecule has 0 spiro atoms. The molecule has 1 unspecified atom stereocenters. The van der Waals surface area contributed by atoms with E-state index in [-0.39, 0.29) is 23.1 Å². The molecule has 1 aliphatic heterocycles. The number of thiophene rings is 1. The van der Waals surface area contributed by atoms with E-state index in [0.29, 0.717) is 23.4 Å². The maximum Gasteiger partial charge on any atom is 0.346 e. The standard InChI is InChI=1S/C23H20FNO4S/c1-2-10-29-16-8-6-13(7-9-16)17-12-18(26)25-20-19(14-4-3-5-15(24)11-14)22(23(27)28)30-21(17)20/h3-9,11,17H,2,10,12H2,1H3,(H,25,26)(H,27,28). The van der Waals surface area contributed by atoms with Crippen molar-refractivity contribution >= 4 is 28.9 Å². The molecule has 0 saturated heterocycles. The zero-order valence-electron chi connectivity index (χ0n) is 16.3. The molecule has 2 aromatic carbocycles. The van der Waals surface area contributed by atoms with E-state index in [1.165, 1.54) is 18.2 Å². The predicted octanol–water partition coefficient (Wildman–Crippen LogP) is 5.52. The van der Waals surface area contributed by atoms with Gasteiger partial charge in [-0.2, -0.15) is 0 Å². The lowest BCUT2D eigenvalue weighted by Crippen LogP contribution is -2.22. The van der Waals surface area contributed by atoms with Gasteiger partial charge in [-0.15, -0.1) is 11.3 Å². The normalized spacial score (nSPS) is 15.4. The van der Waals surface area contributed by atoms with Crippen molar-refractivity contribution in [2.45, 2.75) is 25.7 Å². The van der Waals surface area contributed by atoms with Crippen LogP contribution in [-0.2, 0) is 4.79 Å². The zero-order chi connectivity index (χ0) is 21.3. The van der Waals surface area contributed by atoms with E-state index in [2.05, 4.69) is 5.32 Å². The van der Waals surface area contributed by atoms with Crippen molar-refractivity contribution < 1.29 is 23.8 Å². The summed E-state index contributed by atoms with van der Waals surface area (Å²) in [6.07, 6.45) is 1.12. The number of fused-ring (bicyclic) bond motifs is 1. The first-order valence-electron chi connectivity index (χ1n) is 9.66. The maximum atomic E-state index is 13.8. The van der Waals surface area contributed by atoms with Crippen molar-refractivity contribution in [3.63, 3.8) is 0 Å². The lowest BCUT2D eigenvalue weighted by Gasteiger charge is -2.24. The number of amides is 1. The summed E-state index contributed by atoms with van der Waals surface area (Å²) in [7, 11) is 0. The van der Waals surface area contributed by atoms with Gasteiger partial charge in [-0.25, -0.2) is 9.18 Å². The molecule has 3 aromatic rings. The van der Waals surface area contributed by atoms with Crippen LogP contribution < -0.4 is 10.1 Å². The van der Waals surface area contributed by atoms with Crippen molar-refractivity contribution in [2.24, 2.45) is 0 Å². The highest BCUT2D eigenvalue weighted by molar-refractivity contribution is 7.15. The number of hydrogen-bond acceptors (Lipinski definition) is 4. The minimum absolute atomic E-state index is 0.0840. The second-order valence-corrected chi connectivity index (χ2v) is 8.14. The number of halogens is 1. The third-order valence-corrected chi connectivity index (χ3v) is 6.26. The van der Waals surface area contributed by atoms with E-state index in [9.17, 15) is 19.1 Å². The van der Waals surface area contributed by atoms with Crippen LogP contribution in [-0.4, -0.2) is 23.6 Å². The quantitative estimate of drug-likeness (QED) is 0.546. The Bertz CT molecular complexity index is 1110. The van der Waals surface area contributed by atoms with Gasteiger partial charge < -0.3 is 15.2 Å². The first-order valence-corrected chi connectivity index (χ1v) is 10.5. The van der Waals surface area contributed by atoms with Crippen molar-refractivity contribution in [3.8, 4) is 16.9 Å². The Hall–Kier alpha value is -3.19. The topological polar surface area (TPSA) is 75.6 Å². The van der Waals surface area contributed by atoms with Crippen LogP contribution in [0, 0.1) is 5.82 Å². The molecule has 0 radical (unpaired) electrons. The van der Waals surface area contributed by atoms with Gasteiger partial charge in [-0.3, -0.25) is 4.79 Å². The fourth-order valence-corrected chi connectivity index (χ4v) is 4.89. The Morgan fingerprint density at radius 2 is 2.03 bits per heavy atom. The molecule has 1 atom stereocenters. The summed E-state index contributed by atoms with van der Waals surface area (Å²) >= 11 is 1.13. The summed E-state index contributed by atoms with van der Waals surface area (Å²) < 4.78 is 19.4. The summed E-state index contributed by atoms with van der Waals surface area (Å²) in [4.78, 5) is 25.3. The Morgan fingerprint density at radius 3 is 2.70 bits per heavy atom. The van der Waals surface area contributed by atoms with Crippen LogP contribution in [0.2, 0.25) is 0 Å². The van der Waals surface area contributed by atoms with Gasteiger partial charge in [0, 0.05) is 22.8 Å². The molecule has 2 heterocycles. The molecule has 4 rings (SSSR count). The summed E-state index contributed by atoms with van der Waals surface area (Å²) in [5.41, 5.74) is 2.13. The zero-order valence-corrected chi connectivity index (χ0v) is 17.1. The van der Waals surface area contributed by atoms with Crippen molar-refractivity contribution in [1.82, 2.24) is 0 Å². The highest BCUT2D eigenvalue weighted by atomic mass is 32.1. The van der Waals surface area contributed by atoms with Crippen molar-refractivity contribution in [2.75, 3.05) is 11.9 Å². The average Bonchev–Trinajstić information content (AvgIpc) is 3.11. The summed E-state index contributed by atoms with van der Waals surface area (Å²) in [6, 6.07) is 13.3. The van der Waals surface area contributed by atoms with Gasteiger partial charge >= 0.3 is 5.97 Å². The lowest BCUT2D eigenvalue weighted by atomic mass is 9.88. The second kappa shape index (κ2) is 8.28. The number of ether oxygens (including phenoxy) is 1.